The predicted octanol–water partition coefficient (Wildman–Crippen LogP) is 5.12. The van der Waals surface area contributed by atoms with Gasteiger partial charge in [0.05, 0.1) is 5.69 Å². The van der Waals surface area contributed by atoms with E-state index in [1.54, 1.807) is 36.4 Å². The van der Waals surface area contributed by atoms with E-state index in [-0.39, 0.29) is 17.6 Å². The standard InChI is InChI=1S/C24H24ClFN4O3/c1-2-20(30-12-21(30)24(32)33)16-5-7-19(29-23(16)27)17-10-15(4-8-22(17)31)28-18-6-3-14(25)9-13(18)11-26/h3-10,20-21,28,31H,2,11-12H2,1H3,(H2,27,29)(H,32,33). The number of pyridine rings is 1. The van der Waals surface area contributed by atoms with Crippen LogP contribution in [0.15, 0.2) is 48.5 Å². The number of nitrogens with zero attached hydrogens (tertiary/aromatic N) is 2. The van der Waals surface area contributed by atoms with E-state index in [2.05, 4.69) is 10.3 Å². The molecule has 2 heterocycles. The van der Waals surface area contributed by atoms with Crippen molar-refractivity contribution < 1.29 is 19.4 Å². The summed E-state index contributed by atoms with van der Waals surface area (Å²) in [6.07, 6.45) is 0.692. The lowest BCUT2D eigenvalue weighted by molar-refractivity contribution is -0.137. The second kappa shape index (κ2) is 9.25. The maximum atomic E-state index is 13.4. The van der Waals surface area contributed by atoms with Gasteiger partial charge in [-0.2, -0.15) is 0 Å². The molecule has 1 aromatic heterocycles. The van der Waals surface area contributed by atoms with Crippen molar-refractivity contribution in [3.63, 3.8) is 0 Å². The third kappa shape index (κ3) is 4.72. The molecule has 0 bridgehead atoms. The van der Waals surface area contributed by atoms with E-state index in [4.69, 9.17) is 17.3 Å². The molecule has 5 N–H and O–H groups in total. The molecule has 0 amide bonds. The maximum Gasteiger partial charge on any atom is 0.322 e. The third-order valence-corrected chi connectivity index (χ3v) is 6.04. The van der Waals surface area contributed by atoms with Crippen molar-refractivity contribution in [2.45, 2.75) is 32.1 Å². The summed E-state index contributed by atoms with van der Waals surface area (Å²) in [6.45, 7) is 1.78. The van der Waals surface area contributed by atoms with Gasteiger partial charge < -0.3 is 21.3 Å². The highest BCUT2D eigenvalue weighted by molar-refractivity contribution is 6.30. The Bertz CT molecular complexity index is 1210. The molecule has 9 heteroatoms. The van der Waals surface area contributed by atoms with Crippen molar-refractivity contribution >= 4 is 34.8 Å². The number of phenolic OH excluding ortho intramolecular Hbond substituents is 1. The fraction of sp³-hybridized carbons (Fsp3) is 0.250. The van der Waals surface area contributed by atoms with E-state index >= 15 is 0 Å². The lowest BCUT2D eigenvalue weighted by Crippen LogP contribution is -2.18. The molecule has 3 unspecified atom stereocenters. The molecule has 33 heavy (non-hydrogen) atoms. The Balaban J connectivity index is 1.62. The number of phenols is 1. The van der Waals surface area contributed by atoms with Gasteiger partial charge in [-0.15, -0.1) is 0 Å². The average Bonchev–Trinajstić information content (AvgIpc) is 3.59. The number of aromatic nitrogens is 1. The minimum atomic E-state index is -0.845. The van der Waals surface area contributed by atoms with Crippen LogP contribution >= 0.6 is 11.6 Å². The number of aliphatic carboxylic acids is 1. The van der Waals surface area contributed by atoms with E-state index in [1.807, 2.05) is 17.9 Å². The number of benzene rings is 2. The topological polar surface area (TPSA) is 111 Å². The minimum Gasteiger partial charge on any atom is -0.507 e. The molecule has 0 aliphatic carbocycles. The zero-order chi connectivity index (χ0) is 23.7. The van der Waals surface area contributed by atoms with E-state index in [0.29, 0.717) is 46.2 Å². The highest BCUT2D eigenvalue weighted by Crippen LogP contribution is 2.39. The highest BCUT2D eigenvalue weighted by Gasteiger charge is 2.45. The summed E-state index contributed by atoms with van der Waals surface area (Å²) in [7, 11) is 0. The van der Waals surface area contributed by atoms with Crippen molar-refractivity contribution in [2.24, 2.45) is 0 Å². The first kappa shape index (κ1) is 22.8. The number of halogens is 2. The smallest absolute Gasteiger partial charge is 0.322 e. The number of carbonyl (C=O) groups is 1. The molecule has 0 radical (unpaired) electrons. The van der Waals surface area contributed by atoms with Crippen LogP contribution in [0.4, 0.5) is 21.6 Å². The Kier molecular flexibility index (Phi) is 6.40. The predicted molar refractivity (Wildman–Crippen MR) is 126 cm³/mol. The molecular formula is C24H24ClFN4O3. The molecule has 3 atom stereocenters. The van der Waals surface area contributed by atoms with Crippen molar-refractivity contribution in [1.29, 1.82) is 0 Å². The fourth-order valence-electron chi connectivity index (χ4n) is 4.04. The number of nitrogens with one attached hydrogen (secondary N) is 1. The average molecular weight is 471 g/mol. The van der Waals surface area contributed by atoms with Gasteiger partial charge in [0.25, 0.3) is 0 Å². The molecule has 7 nitrogen and oxygen atoms in total. The first-order valence-electron chi connectivity index (χ1n) is 10.5. The second-order valence-corrected chi connectivity index (χ2v) is 8.37. The molecular weight excluding hydrogens is 447 g/mol. The van der Waals surface area contributed by atoms with Gasteiger partial charge in [-0.05, 0) is 48.9 Å². The number of nitrogens with two attached hydrogens (primary N) is 1. The van der Waals surface area contributed by atoms with Crippen LogP contribution in [0.25, 0.3) is 11.3 Å². The van der Waals surface area contributed by atoms with E-state index in [0.717, 1.165) is 5.56 Å². The Labute approximate surface area is 195 Å². The van der Waals surface area contributed by atoms with Crippen LogP contribution in [0, 0.1) is 0 Å². The SMILES string of the molecule is CCC(c1ccc(-c2cc(Nc3ccc(Cl)cc3CF)ccc2O)nc1N)N1CC1C(=O)O. The van der Waals surface area contributed by atoms with Crippen LogP contribution in [-0.2, 0) is 11.5 Å². The molecule has 1 aliphatic rings. The first-order chi connectivity index (χ1) is 15.8. The number of alkyl halides is 1. The van der Waals surface area contributed by atoms with Crippen molar-refractivity contribution in [2.75, 3.05) is 17.6 Å². The molecule has 172 valence electrons. The summed E-state index contributed by atoms with van der Waals surface area (Å²) in [5.74, 6) is -0.543. The fourth-order valence-corrected chi connectivity index (χ4v) is 4.23. The quantitative estimate of drug-likeness (QED) is 0.267. The molecule has 3 aromatic rings. The number of nitrogen functional groups attached to an aromatic ring is 1. The maximum absolute atomic E-state index is 13.4. The Hall–Kier alpha value is -3.36. The van der Waals surface area contributed by atoms with Crippen molar-refractivity contribution in [3.05, 3.63) is 64.7 Å². The summed E-state index contributed by atoms with van der Waals surface area (Å²) in [6, 6.07) is 12.8. The van der Waals surface area contributed by atoms with Crippen LogP contribution in [0.2, 0.25) is 5.02 Å². The minimum absolute atomic E-state index is 0.0194. The van der Waals surface area contributed by atoms with Crippen LogP contribution in [0.5, 0.6) is 5.75 Å². The zero-order valence-corrected chi connectivity index (χ0v) is 18.7. The van der Waals surface area contributed by atoms with E-state index < -0.39 is 18.7 Å². The number of carboxylic acid groups (broad SMARTS) is 1. The first-order valence-corrected chi connectivity index (χ1v) is 10.9. The number of aromatic hydroxyl groups is 1. The van der Waals surface area contributed by atoms with Crippen LogP contribution in [-0.4, -0.2) is 38.7 Å². The largest absolute Gasteiger partial charge is 0.507 e. The number of hydrogen-bond acceptors (Lipinski definition) is 6. The monoisotopic (exact) mass is 470 g/mol. The van der Waals surface area contributed by atoms with Gasteiger partial charge in [-0.25, -0.2) is 9.37 Å². The summed E-state index contributed by atoms with van der Waals surface area (Å²) >= 11 is 5.95. The molecule has 1 saturated heterocycles. The lowest BCUT2D eigenvalue weighted by atomic mass is 10.0. The van der Waals surface area contributed by atoms with Gasteiger partial charge in [0, 0.05) is 45.7 Å². The summed E-state index contributed by atoms with van der Waals surface area (Å²) < 4.78 is 13.4. The third-order valence-electron chi connectivity index (χ3n) is 5.80. The summed E-state index contributed by atoms with van der Waals surface area (Å²) in [5, 5.41) is 23.3. The van der Waals surface area contributed by atoms with Gasteiger partial charge >= 0.3 is 5.97 Å². The summed E-state index contributed by atoms with van der Waals surface area (Å²) in [4.78, 5) is 17.6. The van der Waals surface area contributed by atoms with Gasteiger partial charge in [-0.1, -0.05) is 24.6 Å². The van der Waals surface area contributed by atoms with E-state index in [9.17, 15) is 19.4 Å². The number of rotatable bonds is 8. The van der Waals surface area contributed by atoms with Crippen LogP contribution < -0.4 is 11.1 Å². The number of hydrogen-bond donors (Lipinski definition) is 4. The normalized spacial score (nSPS) is 18.0. The highest BCUT2D eigenvalue weighted by atomic mass is 35.5. The Morgan fingerprint density at radius 1 is 1.30 bits per heavy atom. The molecule has 1 aliphatic heterocycles. The lowest BCUT2D eigenvalue weighted by Gasteiger charge is -2.19. The summed E-state index contributed by atoms with van der Waals surface area (Å²) in [5.41, 5.74) is 9.55. The number of carboxylic acids is 1. The molecule has 0 saturated carbocycles. The molecule has 2 aromatic carbocycles. The molecule has 0 spiro atoms. The molecule has 4 rings (SSSR count). The van der Waals surface area contributed by atoms with Crippen molar-refractivity contribution in [1.82, 2.24) is 9.88 Å². The van der Waals surface area contributed by atoms with E-state index in [1.165, 1.54) is 6.07 Å². The van der Waals surface area contributed by atoms with Crippen LogP contribution in [0.3, 0.4) is 0 Å². The number of anilines is 3. The zero-order valence-electron chi connectivity index (χ0n) is 17.9. The Morgan fingerprint density at radius 3 is 2.73 bits per heavy atom. The van der Waals surface area contributed by atoms with Gasteiger partial charge in [0.1, 0.15) is 24.3 Å². The van der Waals surface area contributed by atoms with Gasteiger partial charge in [0.2, 0.25) is 0 Å². The van der Waals surface area contributed by atoms with Crippen LogP contribution in [0.1, 0.15) is 30.5 Å². The van der Waals surface area contributed by atoms with Gasteiger partial charge in [0.15, 0.2) is 0 Å². The second-order valence-electron chi connectivity index (χ2n) is 7.94. The Morgan fingerprint density at radius 2 is 2.09 bits per heavy atom. The van der Waals surface area contributed by atoms with Gasteiger partial charge in [-0.3, -0.25) is 9.69 Å². The van der Waals surface area contributed by atoms with Crippen molar-refractivity contribution in [3.8, 4) is 17.0 Å². The molecule has 1 fully saturated rings.